The molecule has 0 bridgehead atoms. The Labute approximate surface area is 169 Å². The first-order valence-corrected chi connectivity index (χ1v) is 9.80. The molecule has 5 nitrogen and oxygen atoms in total. The molecule has 2 atom stereocenters. The van der Waals surface area contributed by atoms with E-state index in [2.05, 4.69) is 10.6 Å². The van der Waals surface area contributed by atoms with Crippen LogP contribution in [0.4, 0.5) is 22.4 Å². The molecule has 0 unspecified atom stereocenters. The molecular weight excluding hydrogens is 414 g/mol. The van der Waals surface area contributed by atoms with Crippen LogP contribution < -0.4 is 10.6 Å². The summed E-state index contributed by atoms with van der Waals surface area (Å²) in [4.78, 5) is 25.9. The summed E-state index contributed by atoms with van der Waals surface area (Å²) in [7, 11) is 0. The summed E-state index contributed by atoms with van der Waals surface area (Å²) in [6.07, 6.45) is 0.0258. The normalized spacial score (nSPS) is 31.1. The fraction of sp³-hybridized carbons (Fsp3) is 0.579. The summed E-state index contributed by atoms with van der Waals surface area (Å²) in [5, 5.41) is 4.60. The Kier molecular flexibility index (Phi) is 4.72. The fourth-order valence-corrected chi connectivity index (χ4v) is 4.68. The minimum atomic E-state index is -2.74. The van der Waals surface area contributed by atoms with E-state index in [-0.39, 0.29) is 43.8 Å². The molecule has 3 aliphatic rings. The average molecular weight is 434 g/mol. The first-order valence-electron chi connectivity index (χ1n) is 9.42. The molecule has 2 saturated carbocycles. The summed E-state index contributed by atoms with van der Waals surface area (Å²) < 4.78 is 55.5. The lowest BCUT2D eigenvalue weighted by Gasteiger charge is -2.43. The lowest BCUT2D eigenvalue weighted by atomic mass is 9.66. The van der Waals surface area contributed by atoms with E-state index >= 15 is 0 Å². The molecule has 0 aromatic heterocycles. The van der Waals surface area contributed by atoms with Crippen LogP contribution in [0.25, 0.3) is 0 Å². The van der Waals surface area contributed by atoms with Crippen molar-refractivity contribution in [2.24, 2.45) is 11.3 Å². The van der Waals surface area contributed by atoms with Gasteiger partial charge in [-0.2, -0.15) is 0 Å². The predicted octanol–water partition coefficient (Wildman–Crippen LogP) is 3.62. The molecule has 29 heavy (non-hydrogen) atoms. The van der Waals surface area contributed by atoms with Gasteiger partial charge in [0.1, 0.15) is 22.7 Å². The molecule has 4 rings (SSSR count). The molecule has 1 aromatic rings. The van der Waals surface area contributed by atoms with E-state index in [1.54, 1.807) is 6.92 Å². The monoisotopic (exact) mass is 433 g/mol. The predicted molar refractivity (Wildman–Crippen MR) is 96.5 cm³/mol. The highest BCUT2D eigenvalue weighted by Gasteiger charge is 2.76. The van der Waals surface area contributed by atoms with Crippen molar-refractivity contribution in [2.45, 2.75) is 44.2 Å². The van der Waals surface area contributed by atoms with E-state index in [1.165, 1.54) is 11.0 Å². The van der Waals surface area contributed by atoms with Crippen molar-refractivity contribution in [1.82, 2.24) is 15.5 Å². The number of alkyl halides is 2. The Balaban J connectivity index is 1.59. The van der Waals surface area contributed by atoms with Gasteiger partial charge in [0.05, 0.1) is 6.04 Å². The zero-order chi connectivity index (χ0) is 21.1. The first kappa shape index (κ1) is 20.3. The molecule has 10 heteroatoms. The largest absolute Gasteiger partial charge is 0.353 e. The lowest BCUT2D eigenvalue weighted by Crippen LogP contribution is -2.59. The Bertz CT molecular complexity index is 875. The van der Waals surface area contributed by atoms with Crippen molar-refractivity contribution < 1.29 is 27.2 Å². The zero-order valence-corrected chi connectivity index (χ0v) is 16.3. The molecule has 1 spiro atoms. The molecule has 2 N–H and O–H groups in total. The molecule has 1 heterocycles. The Morgan fingerprint density at radius 1 is 1.34 bits per heavy atom. The molecule has 1 aromatic carbocycles. The second-order valence-electron chi connectivity index (χ2n) is 8.18. The Morgan fingerprint density at radius 3 is 2.62 bits per heavy atom. The first-order chi connectivity index (χ1) is 13.6. The third kappa shape index (κ3) is 3.23. The van der Waals surface area contributed by atoms with Crippen molar-refractivity contribution in [3.63, 3.8) is 0 Å². The highest BCUT2D eigenvalue weighted by Crippen LogP contribution is 2.74. The number of carbonyl (C=O) groups is 2. The van der Waals surface area contributed by atoms with Crippen LogP contribution in [-0.2, 0) is 4.79 Å². The summed E-state index contributed by atoms with van der Waals surface area (Å²) in [6.45, 7) is 2.09. The Hall–Kier alpha value is -2.03. The van der Waals surface area contributed by atoms with E-state index < -0.39 is 52.0 Å². The highest BCUT2D eigenvalue weighted by atomic mass is 35.5. The fourth-order valence-electron chi connectivity index (χ4n) is 4.51. The van der Waals surface area contributed by atoms with Crippen LogP contribution in [0.3, 0.4) is 0 Å². The number of nitrogens with zero attached hydrogens (tertiary/aromatic N) is 1. The van der Waals surface area contributed by atoms with Gasteiger partial charge in [-0.3, -0.25) is 4.79 Å². The number of rotatable bonds is 3. The third-order valence-electron chi connectivity index (χ3n) is 6.43. The maximum Gasteiger partial charge on any atom is 0.318 e. The molecule has 3 amide bonds. The molecule has 3 fully saturated rings. The summed E-state index contributed by atoms with van der Waals surface area (Å²) in [5.74, 6) is -5.48. The molecular formula is C19H20ClF4N3O2. The van der Waals surface area contributed by atoms with Crippen molar-refractivity contribution in [2.75, 3.05) is 13.1 Å². The summed E-state index contributed by atoms with van der Waals surface area (Å²) >= 11 is 5.69. The van der Waals surface area contributed by atoms with Gasteiger partial charge in [-0.25, -0.2) is 22.4 Å². The number of carbonyl (C=O) groups excluding carboxylic acids is 2. The minimum Gasteiger partial charge on any atom is -0.353 e. The second-order valence-corrected chi connectivity index (χ2v) is 8.56. The number of halogens is 5. The minimum absolute atomic E-state index is 0.0531. The van der Waals surface area contributed by atoms with Gasteiger partial charge in [0, 0.05) is 30.5 Å². The van der Waals surface area contributed by atoms with Crippen molar-refractivity contribution in [1.29, 1.82) is 0 Å². The maximum absolute atomic E-state index is 14.7. The van der Waals surface area contributed by atoms with E-state index in [0.717, 1.165) is 6.07 Å². The SMILES string of the molecule is C[C@@H]1C(=O)NCCN1C(=O)N[C@H](c1ccc(F)c(Cl)c1F)C1CC2(C1)CC2(F)F. The topological polar surface area (TPSA) is 61.4 Å². The number of nitrogens with one attached hydrogen (secondary N) is 2. The van der Waals surface area contributed by atoms with Crippen LogP contribution in [-0.4, -0.2) is 41.9 Å². The van der Waals surface area contributed by atoms with Crippen molar-refractivity contribution in [3.8, 4) is 0 Å². The number of hydrogen-bond donors (Lipinski definition) is 2. The van der Waals surface area contributed by atoms with Gasteiger partial charge in [-0.15, -0.1) is 0 Å². The summed E-state index contributed by atoms with van der Waals surface area (Å²) in [5.41, 5.74) is -1.14. The average Bonchev–Trinajstić information content (AvgIpc) is 3.22. The van der Waals surface area contributed by atoms with Gasteiger partial charge in [0.25, 0.3) is 5.92 Å². The van der Waals surface area contributed by atoms with Crippen LogP contribution in [0.2, 0.25) is 5.02 Å². The van der Waals surface area contributed by atoms with Gasteiger partial charge in [0.15, 0.2) is 0 Å². The molecule has 1 saturated heterocycles. The smallest absolute Gasteiger partial charge is 0.318 e. The second kappa shape index (κ2) is 6.75. The van der Waals surface area contributed by atoms with Crippen LogP contribution in [0.1, 0.15) is 37.8 Å². The standard InChI is InChI=1S/C19H20ClF4N3O2/c1-9-16(28)25-4-5-27(9)17(29)26-15(10-6-18(7-10)8-19(18,23)24)11-2-3-12(21)13(20)14(11)22/h2-3,9-10,15H,4-8H2,1H3,(H,25,28)(H,26,29)/t9-,10?,15+,18?/m1/s1. The molecule has 0 radical (unpaired) electrons. The van der Waals surface area contributed by atoms with Crippen LogP contribution in [0.5, 0.6) is 0 Å². The highest BCUT2D eigenvalue weighted by molar-refractivity contribution is 6.31. The molecule has 1 aliphatic heterocycles. The zero-order valence-electron chi connectivity index (χ0n) is 15.6. The number of hydrogen-bond acceptors (Lipinski definition) is 2. The number of urea groups is 1. The van der Waals surface area contributed by atoms with E-state index in [9.17, 15) is 27.2 Å². The van der Waals surface area contributed by atoms with Crippen LogP contribution >= 0.6 is 11.6 Å². The van der Waals surface area contributed by atoms with Gasteiger partial charge >= 0.3 is 6.03 Å². The van der Waals surface area contributed by atoms with E-state index in [1.807, 2.05) is 0 Å². The maximum atomic E-state index is 14.7. The van der Waals surface area contributed by atoms with E-state index in [0.29, 0.717) is 0 Å². The van der Waals surface area contributed by atoms with Crippen LogP contribution in [0, 0.1) is 23.0 Å². The number of amides is 3. The Morgan fingerprint density at radius 2 is 2.00 bits per heavy atom. The van der Waals surface area contributed by atoms with Crippen LogP contribution in [0.15, 0.2) is 12.1 Å². The van der Waals surface area contributed by atoms with E-state index in [4.69, 9.17) is 11.6 Å². The van der Waals surface area contributed by atoms with Gasteiger partial charge in [-0.1, -0.05) is 17.7 Å². The molecule has 2 aliphatic carbocycles. The lowest BCUT2D eigenvalue weighted by molar-refractivity contribution is -0.127. The quantitative estimate of drug-likeness (QED) is 0.565. The van der Waals surface area contributed by atoms with Crippen molar-refractivity contribution in [3.05, 3.63) is 34.4 Å². The van der Waals surface area contributed by atoms with Gasteiger partial charge in [-0.05, 0) is 31.7 Å². The van der Waals surface area contributed by atoms with Gasteiger partial charge < -0.3 is 15.5 Å². The third-order valence-corrected chi connectivity index (χ3v) is 6.77. The number of piperazine rings is 1. The summed E-state index contributed by atoms with van der Waals surface area (Å²) in [6, 6.07) is -0.145. The van der Waals surface area contributed by atoms with Crippen molar-refractivity contribution >= 4 is 23.5 Å². The number of benzene rings is 1. The molecule has 158 valence electrons. The van der Waals surface area contributed by atoms with Gasteiger partial charge in [0.2, 0.25) is 5.91 Å².